The van der Waals surface area contributed by atoms with Crippen LogP contribution in [0.2, 0.25) is 0 Å². The van der Waals surface area contributed by atoms with Crippen LogP contribution >= 0.6 is 0 Å². The molecule has 1 rings (SSSR count). The smallest absolute Gasteiger partial charge is 0.308 e. The summed E-state index contributed by atoms with van der Waals surface area (Å²) >= 11 is 0. The molecule has 58 valence electrons. The molecule has 1 N–H and O–H groups in total. The Kier molecular flexibility index (Phi) is 4.28. The third-order valence-electron chi connectivity index (χ3n) is 1.11. The van der Waals surface area contributed by atoms with E-state index in [9.17, 15) is 4.79 Å². The zero-order valence-electron chi connectivity index (χ0n) is 5.74. The van der Waals surface area contributed by atoms with Crippen LogP contribution in [0.1, 0.15) is 12.8 Å². The maximum absolute atomic E-state index is 10.4. The fourth-order valence-electron chi connectivity index (χ4n) is 0.486. The van der Waals surface area contributed by atoms with Crippen LogP contribution in [0.4, 0.5) is 0 Å². The molecule has 0 saturated heterocycles. The molecular formula is C6H10O4. The Labute approximate surface area is 58.8 Å². The van der Waals surface area contributed by atoms with Gasteiger partial charge in [0.1, 0.15) is 0 Å². The highest BCUT2D eigenvalue weighted by atomic mass is 16.5. The lowest BCUT2D eigenvalue weighted by molar-refractivity contribution is -0.142. The van der Waals surface area contributed by atoms with Crippen LogP contribution in [0.15, 0.2) is 0 Å². The Morgan fingerprint density at radius 2 is 2.10 bits per heavy atom. The van der Waals surface area contributed by atoms with Crippen molar-refractivity contribution in [2.24, 2.45) is 5.92 Å². The van der Waals surface area contributed by atoms with Gasteiger partial charge in [-0.3, -0.25) is 9.59 Å². The van der Waals surface area contributed by atoms with Crippen molar-refractivity contribution in [3.05, 3.63) is 0 Å². The normalized spacial score (nSPS) is 14.5. The molecule has 10 heavy (non-hydrogen) atoms. The molecule has 0 unspecified atom stereocenters. The third-order valence-corrected chi connectivity index (χ3v) is 1.11. The minimum atomic E-state index is -0.250. The first-order chi connectivity index (χ1) is 4.76. The summed E-state index contributed by atoms with van der Waals surface area (Å²) in [5.41, 5.74) is 0. The van der Waals surface area contributed by atoms with Gasteiger partial charge in [0.15, 0.2) is 0 Å². The molecule has 0 aliphatic heterocycles. The van der Waals surface area contributed by atoms with E-state index in [1.54, 1.807) is 0 Å². The second-order valence-electron chi connectivity index (χ2n) is 1.90. The van der Waals surface area contributed by atoms with Crippen molar-refractivity contribution in [1.82, 2.24) is 0 Å². The van der Waals surface area contributed by atoms with Crippen LogP contribution < -0.4 is 0 Å². The molecule has 4 nitrogen and oxygen atoms in total. The van der Waals surface area contributed by atoms with Crippen LogP contribution in [-0.4, -0.2) is 24.7 Å². The van der Waals surface area contributed by atoms with Gasteiger partial charge in [0.05, 0.1) is 13.0 Å². The van der Waals surface area contributed by atoms with Gasteiger partial charge in [0, 0.05) is 0 Å². The fourth-order valence-corrected chi connectivity index (χ4v) is 0.486. The minimum absolute atomic E-state index is 0.0417. The van der Waals surface area contributed by atoms with Crippen LogP contribution in [0.25, 0.3) is 0 Å². The summed E-state index contributed by atoms with van der Waals surface area (Å²) in [4.78, 5) is 18.7. The molecule has 1 aliphatic rings. The number of carbonyl (C=O) groups is 2. The van der Waals surface area contributed by atoms with Gasteiger partial charge in [-0.1, -0.05) is 0 Å². The summed E-state index contributed by atoms with van der Waals surface area (Å²) in [5.74, 6) is 0.213. The first-order valence-corrected chi connectivity index (χ1v) is 2.92. The Morgan fingerprint density at radius 3 is 2.20 bits per heavy atom. The Bertz CT molecular complexity index is 117. The van der Waals surface area contributed by atoms with Crippen molar-refractivity contribution >= 4 is 12.4 Å². The van der Waals surface area contributed by atoms with Gasteiger partial charge in [0.25, 0.3) is 6.47 Å². The number of esters is 1. The number of methoxy groups -OCH3 is 1. The van der Waals surface area contributed by atoms with E-state index in [1.165, 1.54) is 7.11 Å². The highest BCUT2D eigenvalue weighted by Crippen LogP contribution is 2.29. The van der Waals surface area contributed by atoms with Crippen molar-refractivity contribution in [3.63, 3.8) is 0 Å². The highest BCUT2D eigenvalue weighted by Gasteiger charge is 2.30. The minimum Gasteiger partial charge on any atom is -0.483 e. The van der Waals surface area contributed by atoms with Crippen molar-refractivity contribution < 1.29 is 19.4 Å². The molecule has 1 aliphatic carbocycles. The number of hydrogen-bond donors (Lipinski definition) is 1. The quantitative estimate of drug-likeness (QED) is 0.426. The van der Waals surface area contributed by atoms with Crippen molar-refractivity contribution in [2.75, 3.05) is 7.11 Å². The summed E-state index contributed by atoms with van der Waals surface area (Å²) in [6, 6.07) is 0. The van der Waals surface area contributed by atoms with Gasteiger partial charge < -0.3 is 9.84 Å². The number of carbonyl (C=O) groups excluding carboxylic acids is 1. The molecule has 0 atom stereocenters. The van der Waals surface area contributed by atoms with Crippen molar-refractivity contribution in [1.29, 1.82) is 0 Å². The number of rotatable bonds is 1. The molecule has 1 fully saturated rings. The van der Waals surface area contributed by atoms with Gasteiger partial charge in [-0.05, 0) is 12.8 Å². The maximum atomic E-state index is 10.4. The number of carboxylic acid groups (broad SMARTS) is 1. The summed E-state index contributed by atoms with van der Waals surface area (Å²) < 4.78 is 4.44. The van der Waals surface area contributed by atoms with E-state index >= 15 is 0 Å². The Hall–Kier alpha value is -1.06. The lowest BCUT2D eigenvalue weighted by Gasteiger charge is -1.89. The Morgan fingerprint density at radius 1 is 1.70 bits per heavy atom. The van der Waals surface area contributed by atoms with E-state index in [0.717, 1.165) is 12.8 Å². The monoisotopic (exact) mass is 146 g/mol. The predicted octanol–water partition coefficient (Wildman–Crippen LogP) is 0.270. The molecular weight excluding hydrogens is 136 g/mol. The first-order valence-electron chi connectivity index (χ1n) is 2.92. The summed E-state index contributed by atoms with van der Waals surface area (Å²) in [5, 5.41) is 6.89. The lowest BCUT2D eigenvalue weighted by atomic mass is 10.4. The van der Waals surface area contributed by atoms with Crippen molar-refractivity contribution in [3.8, 4) is 0 Å². The summed E-state index contributed by atoms with van der Waals surface area (Å²) in [6.07, 6.45) is 2.07. The average molecular weight is 146 g/mol. The SMILES string of the molecule is COC(=O)C1CC1.O=CO. The van der Waals surface area contributed by atoms with Gasteiger partial charge in [0.2, 0.25) is 0 Å². The van der Waals surface area contributed by atoms with E-state index in [1.807, 2.05) is 0 Å². The van der Waals surface area contributed by atoms with E-state index < -0.39 is 0 Å². The van der Waals surface area contributed by atoms with Crippen LogP contribution in [0.3, 0.4) is 0 Å². The summed E-state index contributed by atoms with van der Waals surface area (Å²) in [6.45, 7) is -0.250. The molecule has 0 radical (unpaired) electrons. The van der Waals surface area contributed by atoms with Crippen LogP contribution in [0, 0.1) is 5.92 Å². The lowest BCUT2D eigenvalue weighted by Crippen LogP contribution is -2.00. The Balaban J connectivity index is 0.000000236. The van der Waals surface area contributed by atoms with E-state index in [4.69, 9.17) is 9.90 Å². The first kappa shape index (κ1) is 8.94. The molecule has 0 aromatic carbocycles. The molecule has 1 saturated carbocycles. The van der Waals surface area contributed by atoms with Gasteiger partial charge >= 0.3 is 5.97 Å². The fraction of sp³-hybridized carbons (Fsp3) is 0.667. The third kappa shape index (κ3) is 3.88. The van der Waals surface area contributed by atoms with Crippen LogP contribution in [-0.2, 0) is 14.3 Å². The van der Waals surface area contributed by atoms with Crippen LogP contribution in [0.5, 0.6) is 0 Å². The molecule has 0 aromatic rings. The molecule has 4 heteroatoms. The second-order valence-corrected chi connectivity index (χ2v) is 1.90. The topological polar surface area (TPSA) is 63.6 Å². The predicted molar refractivity (Wildman–Crippen MR) is 33.4 cm³/mol. The molecule has 0 bridgehead atoms. The average Bonchev–Trinajstić information content (AvgIpc) is 2.69. The van der Waals surface area contributed by atoms with Gasteiger partial charge in [-0.2, -0.15) is 0 Å². The van der Waals surface area contributed by atoms with E-state index in [-0.39, 0.29) is 18.4 Å². The molecule has 0 heterocycles. The molecule has 0 spiro atoms. The van der Waals surface area contributed by atoms with Crippen molar-refractivity contribution in [2.45, 2.75) is 12.8 Å². The largest absolute Gasteiger partial charge is 0.483 e. The van der Waals surface area contributed by atoms with E-state index in [0.29, 0.717) is 0 Å². The molecule has 0 amide bonds. The second kappa shape index (κ2) is 4.78. The standard InChI is InChI=1S/C5H8O2.CH2O2/c1-7-5(6)4-2-3-4;2-1-3/h4H,2-3H2,1H3;1H,(H,2,3). The maximum Gasteiger partial charge on any atom is 0.308 e. The van der Waals surface area contributed by atoms with E-state index in [2.05, 4.69) is 4.74 Å². The number of ether oxygens (including phenoxy) is 1. The summed E-state index contributed by atoms with van der Waals surface area (Å²) in [7, 11) is 1.43. The van der Waals surface area contributed by atoms with Gasteiger partial charge in [-0.25, -0.2) is 0 Å². The molecule has 0 aromatic heterocycles. The zero-order chi connectivity index (χ0) is 7.98. The zero-order valence-corrected chi connectivity index (χ0v) is 5.74. The van der Waals surface area contributed by atoms with Gasteiger partial charge in [-0.15, -0.1) is 0 Å². The highest BCUT2D eigenvalue weighted by molar-refractivity contribution is 5.74. The number of hydrogen-bond acceptors (Lipinski definition) is 3.